The van der Waals surface area contributed by atoms with Crippen molar-refractivity contribution in [2.45, 2.75) is 45.1 Å². The maximum atomic E-state index is 11.6. The van der Waals surface area contributed by atoms with Gasteiger partial charge in [0.15, 0.2) is 5.82 Å². The Labute approximate surface area is 116 Å². The summed E-state index contributed by atoms with van der Waals surface area (Å²) < 4.78 is 4.97. The lowest BCUT2D eigenvalue weighted by Crippen LogP contribution is -2.41. The SMILES string of the molecule is CCCc1noc(CCC(=O)N[C@@H](CCO)C(=O)O)n1. The number of aliphatic hydroxyl groups excluding tert-OH is 1. The standard InChI is InChI=1S/C12H19N3O5/c1-2-3-9-14-11(20-15-9)5-4-10(17)13-8(6-7-16)12(18)19/h8,16H,2-7H2,1H3,(H,13,17)(H,18,19)/t8-/m0/s1. The molecule has 0 aromatic carbocycles. The molecule has 0 saturated carbocycles. The van der Waals surface area contributed by atoms with Crippen LogP contribution in [0, 0.1) is 0 Å². The Morgan fingerprint density at radius 2 is 2.15 bits per heavy atom. The minimum atomic E-state index is -1.17. The van der Waals surface area contributed by atoms with Gasteiger partial charge in [0, 0.05) is 32.3 Å². The van der Waals surface area contributed by atoms with E-state index in [1.165, 1.54) is 0 Å². The Balaban J connectivity index is 2.39. The summed E-state index contributed by atoms with van der Waals surface area (Å²) in [7, 11) is 0. The molecule has 0 unspecified atom stereocenters. The summed E-state index contributed by atoms with van der Waals surface area (Å²) in [5.74, 6) is -0.638. The fraction of sp³-hybridized carbons (Fsp3) is 0.667. The highest BCUT2D eigenvalue weighted by atomic mass is 16.5. The second kappa shape index (κ2) is 8.26. The molecule has 0 bridgehead atoms. The fourth-order valence-corrected chi connectivity index (χ4v) is 1.59. The normalized spacial score (nSPS) is 12.1. The van der Waals surface area contributed by atoms with Crippen LogP contribution in [0.4, 0.5) is 0 Å². The molecule has 0 fully saturated rings. The molecule has 1 atom stereocenters. The van der Waals surface area contributed by atoms with Crippen LogP contribution >= 0.6 is 0 Å². The van der Waals surface area contributed by atoms with Crippen LogP contribution in [0.5, 0.6) is 0 Å². The van der Waals surface area contributed by atoms with Gasteiger partial charge >= 0.3 is 5.97 Å². The predicted octanol–water partition coefficient (Wildman–Crippen LogP) is -0.0935. The van der Waals surface area contributed by atoms with Gasteiger partial charge in [-0.25, -0.2) is 4.79 Å². The zero-order valence-corrected chi connectivity index (χ0v) is 11.3. The lowest BCUT2D eigenvalue weighted by atomic mass is 10.2. The zero-order valence-electron chi connectivity index (χ0n) is 11.3. The van der Waals surface area contributed by atoms with Gasteiger partial charge in [0.1, 0.15) is 6.04 Å². The van der Waals surface area contributed by atoms with E-state index in [1.54, 1.807) is 0 Å². The Kier molecular flexibility index (Phi) is 6.65. The molecule has 0 spiro atoms. The van der Waals surface area contributed by atoms with Crippen molar-refractivity contribution in [3.63, 3.8) is 0 Å². The molecule has 1 amide bonds. The summed E-state index contributed by atoms with van der Waals surface area (Å²) in [6, 6.07) is -1.08. The molecule has 1 rings (SSSR count). The second-order valence-electron chi connectivity index (χ2n) is 4.32. The maximum Gasteiger partial charge on any atom is 0.326 e. The van der Waals surface area contributed by atoms with Gasteiger partial charge in [0.05, 0.1) is 0 Å². The van der Waals surface area contributed by atoms with Gasteiger partial charge < -0.3 is 20.1 Å². The molecule has 1 aromatic heterocycles. The third-order valence-electron chi connectivity index (χ3n) is 2.60. The zero-order chi connectivity index (χ0) is 15.0. The number of rotatable bonds is 9. The molecular formula is C12H19N3O5. The number of carboxylic acids is 1. The van der Waals surface area contributed by atoms with Crippen LogP contribution in [0.2, 0.25) is 0 Å². The van der Waals surface area contributed by atoms with E-state index in [0.29, 0.717) is 18.1 Å². The summed E-state index contributed by atoms with van der Waals surface area (Å²) >= 11 is 0. The quantitative estimate of drug-likeness (QED) is 0.578. The van der Waals surface area contributed by atoms with Gasteiger partial charge in [0.2, 0.25) is 11.8 Å². The number of aryl methyl sites for hydroxylation is 2. The number of aromatic nitrogens is 2. The van der Waals surface area contributed by atoms with Crippen LogP contribution < -0.4 is 5.32 Å². The first kappa shape index (κ1) is 16.1. The van der Waals surface area contributed by atoms with Gasteiger partial charge in [-0.2, -0.15) is 4.98 Å². The van der Waals surface area contributed by atoms with E-state index in [4.69, 9.17) is 14.7 Å². The molecular weight excluding hydrogens is 266 g/mol. The maximum absolute atomic E-state index is 11.6. The van der Waals surface area contributed by atoms with Crippen LogP contribution in [0.25, 0.3) is 0 Å². The Morgan fingerprint density at radius 3 is 2.75 bits per heavy atom. The largest absolute Gasteiger partial charge is 0.480 e. The summed E-state index contributed by atoms with van der Waals surface area (Å²) in [5.41, 5.74) is 0. The number of carboxylic acid groups (broad SMARTS) is 1. The molecule has 112 valence electrons. The lowest BCUT2D eigenvalue weighted by Gasteiger charge is -2.12. The number of hydrogen-bond donors (Lipinski definition) is 3. The van der Waals surface area contributed by atoms with Crippen LogP contribution in [0.15, 0.2) is 4.52 Å². The van der Waals surface area contributed by atoms with Crippen molar-refractivity contribution in [3.8, 4) is 0 Å². The van der Waals surface area contributed by atoms with Crippen LogP contribution in [-0.2, 0) is 22.4 Å². The van der Waals surface area contributed by atoms with Crippen molar-refractivity contribution < 1.29 is 24.3 Å². The minimum Gasteiger partial charge on any atom is -0.480 e. The molecule has 8 heteroatoms. The van der Waals surface area contributed by atoms with Crippen LogP contribution in [-0.4, -0.2) is 44.9 Å². The fourth-order valence-electron chi connectivity index (χ4n) is 1.59. The molecule has 0 aliphatic carbocycles. The number of aliphatic hydroxyl groups is 1. The highest BCUT2D eigenvalue weighted by Gasteiger charge is 2.19. The van der Waals surface area contributed by atoms with Gasteiger partial charge in [-0.3, -0.25) is 4.79 Å². The smallest absolute Gasteiger partial charge is 0.326 e. The average Bonchev–Trinajstić information content (AvgIpc) is 2.84. The van der Waals surface area contributed by atoms with Crippen LogP contribution in [0.1, 0.15) is 37.9 Å². The van der Waals surface area contributed by atoms with E-state index >= 15 is 0 Å². The Hall–Kier alpha value is -1.96. The summed E-state index contributed by atoms with van der Waals surface area (Å²) in [6.45, 7) is 1.69. The number of hydrogen-bond acceptors (Lipinski definition) is 6. The first-order valence-electron chi connectivity index (χ1n) is 6.51. The number of carbonyl (C=O) groups excluding carboxylic acids is 1. The first-order chi connectivity index (χ1) is 9.56. The molecule has 0 saturated heterocycles. The van der Waals surface area contributed by atoms with Crippen molar-refractivity contribution in [2.75, 3.05) is 6.61 Å². The van der Waals surface area contributed by atoms with Crippen LogP contribution in [0.3, 0.4) is 0 Å². The molecule has 0 aliphatic rings. The van der Waals surface area contributed by atoms with E-state index in [2.05, 4.69) is 15.5 Å². The Morgan fingerprint density at radius 1 is 1.40 bits per heavy atom. The molecule has 0 radical (unpaired) electrons. The molecule has 0 aliphatic heterocycles. The average molecular weight is 285 g/mol. The van der Waals surface area contributed by atoms with Crippen molar-refractivity contribution in [3.05, 3.63) is 11.7 Å². The lowest BCUT2D eigenvalue weighted by molar-refractivity contribution is -0.142. The molecule has 1 heterocycles. The molecule has 8 nitrogen and oxygen atoms in total. The highest BCUT2D eigenvalue weighted by Crippen LogP contribution is 2.03. The molecule has 3 N–H and O–H groups in total. The van der Waals surface area contributed by atoms with E-state index in [-0.39, 0.29) is 25.9 Å². The predicted molar refractivity (Wildman–Crippen MR) is 67.9 cm³/mol. The van der Waals surface area contributed by atoms with E-state index in [0.717, 1.165) is 6.42 Å². The van der Waals surface area contributed by atoms with Gasteiger partial charge in [-0.05, 0) is 6.42 Å². The summed E-state index contributed by atoms with van der Waals surface area (Å²) in [6.07, 6.45) is 1.91. The van der Waals surface area contributed by atoms with Gasteiger partial charge in [-0.15, -0.1) is 0 Å². The highest BCUT2D eigenvalue weighted by molar-refractivity contribution is 5.83. The van der Waals surface area contributed by atoms with Gasteiger partial charge in [-0.1, -0.05) is 12.1 Å². The monoisotopic (exact) mass is 285 g/mol. The third kappa shape index (κ3) is 5.35. The number of nitrogens with one attached hydrogen (secondary N) is 1. The minimum absolute atomic E-state index is 0.0255. The summed E-state index contributed by atoms with van der Waals surface area (Å²) in [5, 5.41) is 23.6. The van der Waals surface area contributed by atoms with E-state index in [1.807, 2.05) is 6.92 Å². The van der Waals surface area contributed by atoms with Crippen molar-refractivity contribution in [1.29, 1.82) is 0 Å². The number of carbonyl (C=O) groups is 2. The van der Waals surface area contributed by atoms with Gasteiger partial charge in [0.25, 0.3) is 0 Å². The number of nitrogens with zero attached hydrogens (tertiary/aromatic N) is 2. The Bertz CT molecular complexity index is 446. The third-order valence-corrected chi connectivity index (χ3v) is 2.60. The van der Waals surface area contributed by atoms with E-state index in [9.17, 15) is 9.59 Å². The summed E-state index contributed by atoms with van der Waals surface area (Å²) in [4.78, 5) is 26.5. The first-order valence-corrected chi connectivity index (χ1v) is 6.51. The van der Waals surface area contributed by atoms with Crippen molar-refractivity contribution in [2.24, 2.45) is 0 Å². The number of amides is 1. The van der Waals surface area contributed by atoms with E-state index < -0.39 is 17.9 Å². The van der Waals surface area contributed by atoms with Crippen molar-refractivity contribution in [1.82, 2.24) is 15.5 Å². The molecule has 1 aromatic rings. The molecule has 20 heavy (non-hydrogen) atoms. The topological polar surface area (TPSA) is 126 Å². The van der Waals surface area contributed by atoms with Crippen molar-refractivity contribution >= 4 is 11.9 Å². The second-order valence-corrected chi connectivity index (χ2v) is 4.32. The number of aliphatic carboxylic acids is 1.